The Morgan fingerprint density at radius 2 is 1.95 bits per heavy atom. The van der Waals surface area contributed by atoms with Crippen molar-refractivity contribution >= 4 is 16.1 Å². The molecule has 19 heavy (non-hydrogen) atoms. The van der Waals surface area contributed by atoms with Crippen molar-refractivity contribution in [3.63, 3.8) is 0 Å². The first-order chi connectivity index (χ1) is 9.09. The zero-order valence-electron chi connectivity index (χ0n) is 11.0. The predicted octanol–water partition coefficient (Wildman–Crippen LogP) is -0.834. The smallest absolute Gasteiger partial charge is 0.279 e. The summed E-state index contributed by atoms with van der Waals surface area (Å²) < 4.78 is 32.9. The standard InChI is InChI=1S/C11H21N3O4S/c15-11-3-1-5-13(11)6-2-4-12-19(16,17)14-7-9-18-10-8-14/h12H,1-10H2. The summed E-state index contributed by atoms with van der Waals surface area (Å²) in [6.45, 7) is 3.50. The van der Waals surface area contributed by atoms with Crippen LogP contribution in [0.5, 0.6) is 0 Å². The fourth-order valence-electron chi connectivity index (χ4n) is 2.29. The Hall–Kier alpha value is -0.700. The van der Waals surface area contributed by atoms with E-state index in [4.69, 9.17) is 4.74 Å². The highest BCUT2D eigenvalue weighted by molar-refractivity contribution is 7.87. The molecule has 0 aliphatic carbocycles. The van der Waals surface area contributed by atoms with Crippen molar-refractivity contribution in [2.24, 2.45) is 0 Å². The average Bonchev–Trinajstić information content (AvgIpc) is 2.81. The van der Waals surface area contributed by atoms with Gasteiger partial charge in [0.05, 0.1) is 13.2 Å². The van der Waals surface area contributed by atoms with E-state index in [1.54, 1.807) is 4.90 Å². The highest BCUT2D eigenvalue weighted by atomic mass is 32.2. The number of nitrogens with one attached hydrogen (secondary N) is 1. The van der Waals surface area contributed by atoms with Crippen molar-refractivity contribution in [2.75, 3.05) is 45.9 Å². The van der Waals surface area contributed by atoms with Gasteiger partial charge in [-0.1, -0.05) is 0 Å². The van der Waals surface area contributed by atoms with Gasteiger partial charge in [0.15, 0.2) is 0 Å². The van der Waals surface area contributed by atoms with Gasteiger partial charge in [0.2, 0.25) is 5.91 Å². The molecule has 0 radical (unpaired) electrons. The molecule has 0 saturated carbocycles. The lowest BCUT2D eigenvalue weighted by Gasteiger charge is -2.26. The molecule has 1 N–H and O–H groups in total. The molecule has 110 valence electrons. The molecule has 1 amide bonds. The molecule has 8 heteroatoms. The summed E-state index contributed by atoms with van der Waals surface area (Å²) >= 11 is 0. The van der Waals surface area contributed by atoms with E-state index < -0.39 is 10.2 Å². The maximum Gasteiger partial charge on any atom is 0.279 e. The number of likely N-dealkylation sites (tertiary alicyclic amines) is 1. The Balaban J connectivity index is 1.68. The summed E-state index contributed by atoms with van der Waals surface area (Å²) in [6, 6.07) is 0. The number of rotatable bonds is 6. The summed E-state index contributed by atoms with van der Waals surface area (Å²) in [7, 11) is -3.39. The number of carbonyl (C=O) groups excluding carboxylic acids is 1. The van der Waals surface area contributed by atoms with Crippen LogP contribution in [0, 0.1) is 0 Å². The minimum Gasteiger partial charge on any atom is -0.379 e. The van der Waals surface area contributed by atoms with E-state index >= 15 is 0 Å². The largest absolute Gasteiger partial charge is 0.379 e. The normalized spacial score (nSPS) is 22.1. The molecule has 2 rings (SSSR count). The number of morpholine rings is 1. The van der Waals surface area contributed by atoms with Crippen molar-refractivity contribution in [1.29, 1.82) is 0 Å². The lowest BCUT2D eigenvalue weighted by molar-refractivity contribution is -0.127. The Kier molecular flexibility index (Phi) is 5.14. The number of hydrogen-bond acceptors (Lipinski definition) is 4. The average molecular weight is 291 g/mol. The summed E-state index contributed by atoms with van der Waals surface area (Å²) in [4.78, 5) is 13.2. The van der Waals surface area contributed by atoms with Crippen molar-refractivity contribution < 1.29 is 17.9 Å². The molecule has 2 aliphatic heterocycles. The Morgan fingerprint density at radius 3 is 2.58 bits per heavy atom. The fraction of sp³-hybridized carbons (Fsp3) is 0.909. The van der Waals surface area contributed by atoms with Gasteiger partial charge in [-0.05, 0) is 12.8 Å². The highest BCUT2D eigenvalue weighted by Gasteiger charge is 2.24. The predicted molar refractivity (Wildman–Crippen MR) is 69.7 cm³/mol. The SMILES string of the molecule is O=C1CCCN1CCCNS(=O)(=O)N1CCOCC1. The molecule has 0 aromatic carbocycles. The Bertz CT molecular complexity index is 406. The summed E-state index contributed by atoms with van der Waals surface area (Å²) in [6.07, 6.45) is 2.19. The van der Waals surface area contributed by atoms with Gasteiger partial charge in [0, 0.05) is 39.1 Å². The van der Waals surface area contributed by atoms with Crippen LogP contribution in [-0.2, 0) is 19.7 Å². The third kappa shape index (κ3) is 4.13. The second-order valence-corrected chi connectivity index (χ2v) is 6.50. The lowest BCUT2D eigenvalue weighted by atomic mass is 10.4. The Morgan fingerprint density at radius 1 is 1.21 bits per heavy atom. The summed E-state index contributed by atoms with van der Waals surface area (Å²) in [5.41, 5.74) is 0. The van der Waals surface area contributed by atoms with Crippen LogP contribution in [0.2, 0.25) is 0 Å². The topological polar surface area (TPSA) is 79.0 Å². The molecule has 0 aromatic rings. The fourth-order valence-corrected chi connectivity index (χ4v) is 3.50. The van der Waals surface area contributed by atoms with Crippen LogP contribution in [0.3, 0.4) is 0 Å². The molecule has 2 fully saturated rings. The van der Waals surface area contributed by atoms with Gasteiger partial charge >= 0.3 is 0 Å². The van der Waals surface area contributed by atoms with Gasteiger partial charge in [-0.3, -0.25) is 4.79 Å². The van der Waals surface area contributed by atoms with Gasteiger partial charge in [-0.25, -0.2) is 4.72 Å². The first-order valence-corrected chi connectivity index (χ1v) is 8.14. The van der Waals surface area contributed by atoms with E-state index in [-0.39, 0.29) is 5.91 Å². The molecule has 0 spiro atoms. The molecule has 2 heterocycles. The van der Waals surface area contributed by atoms with E-state index in [9.17, 15) is 13.2 Å². The van der Waals surface area contributed by atoms with Gasteiger partial charge in [0.25, 0.3) is 10.2 Å². The number of ether oxygens (including phenoxy) is 1. The summed E-state index contributed by atoms with van der Waals surface area (Å²) in [5, 5.41) is 0. The molecule has 0 bridgehead atoms. The molecule has 0 atom stereocenters. The molecular formula is C11H21N3O4S. The third-order valence-corrected chi connectivity index (χ3v) is 4.98. The van der Waals surface area contributed by atoms with E-state index in [0.29, 0.717) is 52.2 Å². The molecule has 2 saturated heterocycles. The maximum absolute atomic E-state index is 11.9. The monoisotopic (exact) mass is 291 g/mol. The van der Waals surface area contributed by atoms with Crippen LogP contribution in [0.15, 0.2) is 0 Å². The van der Waals surface area contributed by atoms with Gasteiger partial charge in [-0.2, -0.15) is 12.7 Å². The lowest BCUT2D eigenvalue weighted by Crippen LogP contribution is -2.47. The molecule has 7 nitrogen and oxygen atoms in total. The second kappa shape index (κ2) is 6.65. The summed E-state index contributed by atoms with van der Waals surface area (Å²) in [5.74, 6) is 0.177. The maximum atomic E-state index is 11.9. The van der Waals surface area contributed by atoms with E-state index in [1.165, 1.54) is 4.31 Å². The first kappa shape index (κ1) is 14.7. The van der Waals surface area contributed by atoms with Crippen LogP contribution in [-0.4, -0.2) is 69.5 Å². The van der Waals surface area contributed by atoms with Crippen LogP contribution in [0.25, 0.3) is 0 Å². The number of nitrogens with zero attached hydrogens (tertiary/aromatic N) is 2. The first-order valence-electron chi connectivity index (χ1n) is 6.70. The van der Waals surface area contributed by atoms with Crippen molar-refractivity contribution in [3.05, 3.63) is 0 Å². The number of hydrogen-bond donors (Lipinski definition) is 1. The van der Waals surface area contributed by atoms with E-state index in [0.717, 1.165) is 13.0 Å². The highest BCUT2D eigenvalue weighted by Crippen LogP contribution is 2.09. The number of carbonyl (C=O) groups is 1. The molecule has 0 unspecified atom stereocenters. The van der Waals surface area contributed by atoms with E-state index in [1.807, 2.05) is 0 Å². The minimum absolute atomic E-state index is 0.177. The zero-order chi connectivity index (χ0) is 13.7. The van der Waals surface area contributed by atoms with Crippen molar-refractivity contribution in [3.8, 4) is 0 Å². The molecule has 0 aromatic heterocycles. The minimum atomic E-state index is -3.39. The van der Waals surface area contributed by atoms with Crippen LogP contribution in [0.4, 0.5) is 0 Å². The van der Waals surface area contributed by atoms with Crippen molar-refractivity contribution in [1.82, 2.24) is 13.9 Å². The molecular weight excluding hydrogens is 270 g/mol. The van der Waals surface area contributed by atoms with Gasteiger partial charge < -0.3 is 9.64 Å². The number of amides is 1. The third-order valence-electron chi connectivity index (χ3n) is 3.37. The Labute approximate surface area is 114 Å². The van der Waals surface area contributed by atoms with Crippen LogP contribution >= 0.6 is 0 Å². The molecule has 2 aliphatic rings. The quantitative estimate of drug-likeness (QED) is 0.648. The van der Waals surface area contributed by atoms with Crippen LogP contribution in [0.1, 0.15) is 19.3 Å². The van der Waals surface area contributed by atoms with Gasteiger partial charge in [-0.15, -0.1) is 0 Å². The van der Waals surface area contributed by atoms with E-state index in [2.05, 4.69) is 4.72 Å². The van der Waals surface area contributed by atoms with Crippen LogP contribution < -0.4 is 4.72 Å². The van der Waals surface area contributed by atoms with Gasteiger partial charge in [0.1, 0.15) is 0 Å². The zero-order valence-corrected chi connectivity index (χ0v) is 11.8. The second-order valence-electron chi connectivity index (χ2n) is 4.75. The van der Waals surface area contributed by atoms with Crippen molar-refractivity contribution in [2.45, 2.75) is 19.3 Å².